The summed E-state index contributed by atoms with van der Waals surface area (Å²) in [5.41, 5.74) is 3.88. The van der Waals surface area contributed by atoms with Crippen LogP contribution in [0.4, 0.5) is 5.69 Å². The number of hydrogen-bond acceptors (Lipinski definition) is 10. The van der Waals surface area contributed by atoms with E-state index in [1.54, 1.807) is 19.0 Å². The molecule has 1 amide bonds. The first-order chi connectivity index (χ1) is 21.2. The van der Waals surface area contributed by atoms with Gasteiger partial charge in [0.15, 0.2) is 11.4 Å². The molecule has 0 unspecified atom stereocenters. The van der Waals surface area contributed by atoms with Gasteiger partial charge in [0.1, 0.15) is 22.8 Å². The molecule has 0 spiro atoms. The number of anilines is 1. The van der Waals surface area contributed by atoms with Crippen molar-refractivity contribution in [3.05, 3.63) is 45.4 Å². The third-order valence-corrected chi connectivity index (χ3v) is 9.81. The van der Waals surface area contributed by atoms with Crippen molar-refractivity contribution in [2.45, 2.75) is 83.4 Å². The predicted octanol–water partition coefficient (Wildman–Crippen LogP) is 3.37. The van der Waals surface area contributed by atoms with Crippen LogP contribution in [-0.2, 0) is 22.6 Å². The summed E-state index contributed by atoms with van der Waals surface area (Å²) in [6.07, 6.45) is 6.73. The number of rotatable bonds is 13. The molecule has 3 aliphatic rings. The summed E-state index contributed by atoms with van der Waals surface area (Å²) >= 11 is 0. The molecule has 0 aliphatic heterocycles. The molecule has 11 heteroatoms. The highest BCUT2D eigenvalue weighted by Gasteiger charge is 2.63. The van der Waals surface area contributed by atoms with Gasteiger partial charge in [-0.15, -0.1) is 0 Å². The van der Waals surface area contributed by atoms with Crippen molar-refractivity contribution in [3.8, 4) is 5.75 Å². The number of aromatic hydroxyl groups is 1. The number of Topliss-reactive ketones (excluding diaryl/α,β-unsaturated/α-hetero) is 2. The fraction of sp³-hybridized carbons (Fsp3) is 0.618. The molecule has 3 aliphatic carbocycles. The Morgan fingerprint density at radius 3 is 2.11 bits per heavy atom. The van der Waals surface area contributed by atoms with Gasteiger partial charge in [0.2, 0.25) is 5.78 Å². The van der Waals surface area contributed by atoms with Gasteiger partial charge in [0.25, 0.3) is 5.91 Å². The molecule has 45 heavy (non-hydrogen) atoms. The molecule has 1 aromatic rings. The highest BCUT2D eigenvalue weighted by molar-refractivity contribution is 6.25. The lowest BCUT2D eigenvalue weighted by molar-refractivity contribution is -0.148. The summed E-state index contributed by atoms with van der Waals surface area (Å²) in [4.78, 5) is 45.9. The molecule has 4 rings (SSSR count). The van der Waals surface area contributed by atoms with E-state index in [9.17, 15) is 34.8 Å². The van der Waals surface area contributed by atoms with E-state index in [0.29, 0.717) is 17.7 Å². The van der Waals surface area contributed by atoms with Crippen LogP contribution in [0.15, 0.2) is 28.7 Å². The summed E-state index contributed by atoms with van der Waals surface area (Å²) in [6.45, 7) is 6.47. The van der Waals surface area contributed by atoms with Gasteiger partial charge in [-0.3, -0.25) is 24.2 Å². The summed E-state index contributed by atoms with van der Waals surface area (Å²) < 4.78 is 0. The summed E-state index contributed by atoms with van der Waals surface area (Å²) in [7, 11) is 6.98. The first-order valence-corrected chi connectivity index (χ1v) is 16.1. The number of aliphatic hydroxyl groups excluding tert-OH is 2. The molecule has 0 radical (unpaired) electrons. The van der Waals surface area contributed by atoms with Gasteiger partial charge >= 0.3 is 0 Å². The average molecular weight is 627 g/mol. The van der Waals surface area contributed by atoms with Gasteiger partial charge in [0, 0.05) is 43.4 Å². The van der Waals surface area contributed by atoms with Crippen LogP contribution in [0.2, 0.25) is 0 Å². The van der Waals surface area contributed by atoms with E-state index in [1.165, 1.54) is 0 Å². The molecule has 0 heterocycles. The van der Waals surface area contributed by atoms with Crippen molar-refractivity contribution < 1.29 is 34.8 Å². The number of unbranched alkanes of at least 4 members (excludes halogenated alkanes) is 4. The first-order valence-electron chi connectivity index (χ1n) is 16.1. The molecule has 6 N–H and O–H groups in total. The normalized spacial score (nSPS) is 24.7. The van der Waals surface area contributed by atoms with Crippen LogP contribution in [0.3, 0.4) is 0 Å². The highest BCUT2D eigenvalue weighted by Crippen LogP contribution is 2.53. The second-order valence-electron chi connectivity index (χ2n) is 13.3. The van der Waals surface area contributed by atoms with Crippen LogP contribution >= 0.6 is 0 Å². The number of benzene rings is 1. The monoisotopic (exact) mass is 626 g/mol. The maximum absolute atomic E-state index is 14.3. The van der Waals surface area contributed by atoms with E-state index in [1.807, 2.05) is 25.1 Å². The number of likely N-dealkylation sites (N-methyl/N-ethyl adjacent to an activating group) is 1. The standard InChI is InChI=1S/C34H50N4O7/c1-7-9-11-13-38(14-12-10-8-2)18-20-17-23(36(3)4)21-15-19-16-22-27(37(5)6)30(41)26(33(35)44)32(43)34(22,45)31(42)24(19)29(40)25(21)28(20)39/h17,19,22,27,39,41-42,45H,7-16,18H2,1-6H3,(H2,35,44)/t19-,22-,27-,34-/m0/s1. The Bertz CT molecular complexity index is 1410. The van der Waals surface area contributed by atoms with Crippen LogP contribution in [0, 0.1) is 11.8 Å². The number of ketones is 2. The summed E-state index contributed by atoms with van der Waals surface area (Å²) in [5, 5.41) is 46.2. The van der Waals surface area contributed by atoms with Crippen LogP contribution < -0.4 is 10.6 Å². The number of carbonyl (C=O) groups excluding carboxylic acids is 3. The minimum Gasteiger partial charge on any atom is -0.510 e. The van der Waals surface area contributed by atoms with Crippen molar-refractivity contribution in [1.29, 1.82) is 0 Å². The molecule has 0 aromatic heterocycles. The summed E-state index contributed by atoms with van der Waals surface area (Å²) in [6, 6.07) is 0.911. The Kier molecular flexibility index (Phi) is 10.4. The SMILES string of the molecule is CCCCCN(CCCCC)Cc1cc(N(C)C)c2c(c1O)C(=O)C1=C(O)[C@]3(O)C(=O)C(C(N)=O)=C(O)[C@@H](N(C)C)[C@@H]3C[C@@H]1C2. The number of carbonyl (C=O) groups is 3. The Balaban J connectivity index is 1.84. The lowest BCUT2D eigenvalue weighted by Gasteiger charge is -2.50. The van der Waals surface area contributed by atoms with Crippen molar-refractivity contribution >= 4 is 23.2 Å². The molecule has 4 atom stereocenters. The quantitative estimate of drug-likeness (QED) is 0.162. The fourth-order valence-corrected chi connectivity index (χ4v) is 7.55. The molecule has 1 aromatic carbocycles. The number of aliphatic hydroxyl groups is 3. The highest BCUT2D eigenvalue weighted by atomic mass is 16.3. The number of hydrogen-bond donors (Lipinski definition) is 5. The number of primary amides is 1. The Hall–Kier alpha value is -3.41. The van der Waals surface area contributed by atoms with Gasteiger partial charge in [-0.05, 0) is 70.4 Å². The Labute approximate surface area is 266 Å². The van der Waals surface area contributed by atoms with Gasteiger partial charge in [-0.1, -0.05) is 39.5 Å². The Morgan fingerprint density at radius 2 is 1.60 bits per heavy atom. The zero-order valence-electron chi connectivity index (χ0n) is 27.5. The van der Waals surface area contributed by atoms with Gasteiger partial charge < -0.3 is 31.1 Å². The molecule has 0 fully saturated rings. The van der Waals surface area contributed by atoms with Crippen molar-refractivity contribution in [3.63, 3.8) is 0 Å². The average Bonchev–Trinajstić information content (AvgIpc) is 2.95. The molecule has 0 saturated carbocycles. The number of phenolic OH excluding ortho intramolecular Hbond substituents is 1. The second-order valence-corrected chi connectivity index (χ2v) is 13.3. The number of amides is 1. The fourth-order valence-electron chi connectivity index (χ4n) is 7.55. The van der Waals surface area contributed by atoms with E-state index in [4.69, 9.17) is 5.73 Å². The molecule has 0 bridgehead atoms. The van der Waals surface area contributed by atoms with Crippen LogP contribution in [-0.4, -0.2) is 101 Å². The van der Waals surface area contributed by atoms with Gasteiger partial charge in [-0.25, -0.2) is 0 Å². The predicted molar refractivity (Wildman–Crippen MR) is 172 cm³/mol. The Morgan fingerprint density at radius 1 is 1.00 bits per heavy atom. The minimum atomic E-state index is -2.66. The number of allylic oxidation sites excluding steroid dienone is 1. The van der Waals surface area contributed by atoms with E-state index in [-0.39, 0.29) is 29.7 Å². The lowest BCUT2D eigenvalue weighted by atomic mass is 9.58. The van der Waals surface area contributed by atoms with Crippen molar-refractivity contribution in [2.24, 2.45) is 17.6 Å². The third-order valence-electron chi connectivity index (χ3n) is 9.81. The first kappa shape index (κ1) is 34.5. The van der Waals surface area contributed by atoms with Crippen LogP contribution in [0.5, 0.6) is 5.75 Å². The molecule has 248 valence electrons. The van der Waals surface area contributed by atoms with E-state index >= 15 is 0 Å². The van der Waals surface area contributed by atoms with Crippen molar-refractivity contribution in [2.75, 3.05) is 46.2 Å². The molecular formula is C34H50N4O7. The number of phenols is 1. The third kappa shape index (κ3) is 5.97. The summed E-state index contributed by atoms with van der Waals surface area (Å²) in [5.74, 6) is -6.40. The van der Waals surface area contributed by atoms with Crippen molar-refractivity contribution in [1.82, 2.24) is 9.80 Å². The smallest absolute Gasteiger partial charge is 0.255 e. The van der Waals surface area contributed by atoms with Crippen LogP contribution in [0.25, 0.3) is 0 Å². The van der Waals surface area contributed by atoms with Crippen LogP contribution in [0.1, 0.15) is 80.3 Å². The van der Waals surface area contributed by atoms with E-state index in [0.717, 1.165) is 57.3 Å². The number of fused-ring (bicyclic) bond motifs is 3. The molecule has 0 saturated heterocycles. The maximum Gasteiger partial charge on any atom is 0.255 e. The number of nitrogens with two attached hydrogens (primary N) is 1. The lowest BCUT2D eigenvalue weighted by Crippen LogP contribution is -2.63. The van der Waals surface area contributed by atoms with E-state index < -0.39 is 58.0 Å². The minimum absolute atomic E-state index is 0.0547. The van der Waals surface area contributed by atoms with Gasteiger partial charge in [-0.2, -0.15) is 0 Å². The molecular weight excluding hydrogens is 576 g/mol. The second kappa shape index (κ2) is 13.5. The topological polar surface area (TPSA) is 168 Å². The molecule has 11 nitrogen and oxygen atoms in total. The van der Waals surface area contributed by atoms with E-state index in [2.05, 4.69) is 18.7 Å². The zero-order chi connectivity index (χ0) is 33.4. The zero-order valence-corrected chi connectivity index (χ0v) is 27.5. The largest absolute Gasteiger partial charge is 0.510 e. The maximum atomic E-state index is 14.3. The number of nitrogens with zero attached hydrogens (tertiary/aromatic N) is 3. The van der Waals surface area contributed by atoms with Gasteiger partial charge in [0.05, 0.1) is 11.6 Å².